The molecule has 2 heterocycles. The second kappa shape index (κ2) is 9.80. The van der Waals surface area contributed by atoms with Crippen LogP contribution in [0.1, 0.15) is 62.4 Å². The Labute approximate surface area is 167 Å². The van der Waals surface area contributed by atoms with Crippen molar-refractivity contribution in [1.82, 2.24) is 19.7 Å². The minimum Gasteiger partial charge on any atom is -0.245 e. The third kappa shape index (κ3) is 4.83. The van der Waals surface area contributed by atoms with Crippen LogP contribution in [-0.2, 0) is 19.4 Å². The van der Waals surface area contributed by atoms with Crippen LogP contribution in [0.4, 0.5) is 0 Å². The first-order chi connectivity index (χ1) is 13.7. The third-order valence-electron chi connectivity index (χ3n) is 4.81. The van der Waals surface area contributed by atoms with Gasteiger partial charge in [0.1, 0.15) is 17.6 Å². The van der Waals surface area contributed by atoms with Gasteiger partial charge in [0.15, 0.2) is 5.82 Å². The first-order valence-corrected chi connectivity index (χ1v) is 10.1. The second-order valence-corrected chi connectivity index (χ2v) is 7.02. The molecule has 0 amide bonds. The summed E-state index contributed by atoms with van der Waals surface area (Å²) in [6.45, 7) is 5.11. The molecule has 0 unspecified atom stereocenters. The largest absolute Gasteiger partial charge is 0.245 e. The fraction of sp³-hybridized carbons (Fsp3) is 0.391. The zero-order valence-corrected chi connectivity index (χ0v) is 16.7. The van der Waals surface area contributed by atoms with Gasteiger partial charge in [0.2, 0.25) is 0 Å². The highest BCUT2D eigenvalue weighted by molar-refractivity contribution is 5.68. The summed E-state index contributed by atoms with van der Waals surface area (Å²) < 4.78 is 2.06. The van der Waals surface area contributed by atoms with Gasteiger partial charge >= 0.3 is 0 Å². The van der Waals surface area contributed by atoms with Crippen molar-refractivity contribution in [2.75, 3.05) is 0 Å². The van der Waals surface area contributed by atoms with Gasteiger partial charge in [-0.2, -0.15) is 10.4 Å². The van der Waals surface area contributed by atoms with Crippen LogP contribution in [0.15, 0.2) is 42.6 Å². The molecule has 0 spiro atoms. The molecule has 0 radical (unpaired) electrons. The highest BCUT2D eigenvalue weighted by Gasteiger charge is 2.11. The lowest BCUT2D eigenvalue weighted by Crippen LogP contribution is -2.07. The molecule has 28 heavy (non-hydrogen) atoms. The summed E-state index contributed by atoms with van der Waals surface area (Å²) in [6, 6.07) is 14.2. The monoisotopic (exact) mass is 373 g/mol. The van der Waals surface area contributed by atoms with Crippen LogP contribution >= 0.6 is 0 Å². The van der Waals surface area contributed by atoms with E-state index in [9.17, 15) is 5.26 Å². The zero-order valence-electron chi connectivity index (χ0n) is 16.7. The molecule has 0 aliphatic rings. The Morgan fingerprint density at radius 2 is 1.75 bits per heavy atom. The van der Waals surface area contributed by atoms with Crippen LogP contribution in [0.3, 0.4) is 0 Å². The van der Waals surface area contributed by atoms with Crippen molar-refractivity contribution in [3.63, 3.8) is 0 Å². The Hall–Kier alpha value is -3.00. The van der Waals surface area contributed by atoms with Gasteiger partial charge in [0, 0.05) is 24.6 Å². The van der Waals surface area contributed by atoms with E-state index in [-0.39, 0.29) is 0 Å². The maximum Gasteiger partial charge on any atom is 0.150 e. The first-order valence-electron chi connectivity index (χ1n) is 10.1. The average molecular weight is 374 g/mol. The number of rotatable bonds is 9. The van der Waals surface area contributed by atoms with Crippen molar-refractivity contribution in [3.8, 4) is 17.2 Å². The SMILES string of the molecule is CCCCc1nc(CCCC)n(Cc2ccc(-c3cccnc3C#N)cc2)n1. The molecule has 0 saturated heterocycles. The smallest absolute Gasteiger partial charge is 0.150 e. The maximum absolute atomic E-state index is 9.26. The van der Waals surface area contributed by atoms with E-state index < -0.39 is 0 Å². The number of hydrogen-bond donors (Lipinski definition) is 0. The van der Waals surface area contributed by atoms with Gasteiger partial charge in [0.05, 0.1) is 6.54 Å². The van der Waals surface area contributed by atoms with Crippen molar-refractivity contribution in [2.24, 2.45) is 0 Å². The predicted molar refractivity (Wildman–Crippen MR) is 111 cm³/mol. The van der Waals surface area contributed by atoms with E-state index in [1.807, 2.05) is 24.3 Å². The van der Waals surface area contributed by atoms with Crippen LogP contribution in [0.5, 0.6) is 0 Å². The first kappa shape index (κ1) is 19.8. The van der Waals surface area contributed by atoms with Gasteiger partial charge in [-0.1, -0.05) is 51.0 Å². The highest BCUT2D eigenvalue weighted by atomic mass is 15.3. The topological polar surface area (TPSA) is 67.4 Å². The lowest BCUT2D eigenvalue weighted by Gasteiger charge is -2.08. The molecule has 5 heteroatoms. The normalized spacial score (nSPS) is 10.8. The summed E-state index contributed by atoms with van der Waals surface area (Å²) >= 11 is 0. The minimum atomic E-state index is 0.453. The molecule has 0 fully saturated rings. The number of benzene rings is 1. The highest BCUT2D eigenvalue weighted by Crippen LogP contribution is 2.22. The fourth-order valence-corrected chi connectivity index (χ4v) is 3.20. The molecular formula is C23H27N5. The van der Waals surface area contributed by atoms with Crippen LogP contribution in [0.25, 0.3) is 11.1 Å². The van der Waals surface area contributed by atoms with E-state index in [0.717, 1.165) is 67.8 Å². The number of hydrogen-bond acceptors (Lipinski definition) is 4. The molecular weight excluding hydrogens is 346 g/mol. The Kier molecular flexibility index (Phi) is 6.91. The number of unbranched alkanes of at least 4 members (excludes halogenated alkanes) is 2. The van der Waals surface area contributed by atoms with E-state index in [1.165, 1.54) is 5.56 Å². The Morgan fingerprint density at radius 3 is 2.46 bits per heavy atom. The zero-order chi connectivity index (χ0) is 19.8. The molecule has 144 valence electrons. The quantitative estimate of drug-likeness (QED) is 0.532. The molecule has 1 aromatic carbocycles. The number of nitrogens with zero attached hydrogens (tertiary/aromatic N) is 5. The van der Waals surface area contributed by atoms with Crippen molar-refractivity contribution in [1.29, 1.82) is 5.26 Å². The molecule has 0 saturated carbocycles. The van der Waals surface area contributed by atoms with Crippen LogP contribution in [-0.4, -0.2) is 19.7 Å². The van der Waals surface area contributed by atoms with E-state index in [0.29, 0.717) is 5.69 Å². The molecule has 0 bridgehead atoms. The van der Waals surface area contributed by atoms with Crippen molar-refractivity contribution < 1.29 is 0 Å². The summed E-state index contributed by atoms with van der Waals surface area (Å²) in [6.07, 6.45) is 8.11. The van der Waals surface area contributed by atoms with Crippen LogP contribution < -0.4 is 0 Å². The third-order valence-corrected chi connectivity index (χ3v) is 4.81. The second-order valence-electron chi connectivity index (χ2n) is 7.02. The lowest BCUT2D eigenvalue weighted by atomic mass is 10.0. The minimum absolute atomic E-state index is 0.453. The van der Waals surface area contributed by atoms with E-state index >= 15 is 0 Å². The van der Waals surface area contributed by atoms with Crippen molar-refractivity contribution in [3.05, 3.63) is 65.5 Å². The van der Waals surface area contributed by atoms with Crippen molar-refractivity contribution in [2.45, 2.75) is 58.9 Å². The number of aryl methyl sites for hydroxylation is 2. The molecule has 5 nitrogen and oxygen atoms in total. The summed E-state index contributed by atoms with van der Waals surface area (Å²) in [5.41, 5.74) is 3.49. The summed E-state index contributed by atoms with van der Waals surface area (Å²) in [5.74, 6) is 2.04. The van der Waals surface area contributed by atoms with Gasteiger partial charge < -0.3 is 0 Å². The van der Waals surface area contributed by atoms with Crippen molar-refractivity contribution >= 4 is 0 Å². The molecule has 0 aliphatic heterocycles. The van der Waals surface area contributed by atoms with Gasteiger partial charge in [-0.05, 0) is 36.1 Å². The Morgan fingerprint density at radius 1 is 1.00 bits per heavy atom. The lowest BCUT2D eigenvalue weighted by molar-refractivity contribution is 0.612. The number of pyridine rings is 1. The van der Waals surface area contributed by atoms with Gasteiger partial charge in [-0.15, -0.1) is 0 Å². The molecule has 3 rings (SSSR count). The van der Waals surface area contributed by atoms with E-state index in [4.69, 9.17) is 10.1 Å². The molecule has 0 N–H and O–H groups in total. The van der Waals surface area contributed by atoms with E-state index in [1.54, 1.807) is 6.20 Å². The summed E-state index contributed by atoms with van der Waals surface area (Å²) in [4.78, 5) is 8.92. The molecule has 0 aliphatic carbocycles. The molecule has 3 aromatic rings. The molecule has 2 aromatic heterocycles. The summed E-state index contributed by atoms with van der Waals surface area (Å²) in [5, 5.41) is 14.0. The fourth-order valence-electron chi connectivity index (χ4n) is 3.20. The van der Waals surface area contributed by atoms with E-state index in [2.05, 4.69) is 41.7 Å². The van der Waals surface area contributed by atoms with Gasteiger partial charge in [-0.25, -0.2) is 14.6 Å². The van der Waals surface area contributed by atoms with Gasteiger partial charge in [0.25, 0.3) is 0 Å². The summed E-state index contributed by atoms with van der Waals surface area (Å²) in [7, 11) is 0. The number of nitriles is 1. The standard InChI is InChI=1S/C23H27N5/c1-3-5-9-22-26-23(10-6-4-2)28(27-22)17-18-11-13-19(14-12-18)20-8-7-15-25-21(20)16-24/h7-8,11-15H,3-6,9-10,17H2,1-2H3. The van der Waals surface area contributed by atoms with Crippen LogP contribution in [0.2, 0.25) is 0 Å². The predicted octanol–water partition coefficient (Wildman–Crippen LogP) is 4.95. The van der Waals surface area contributed by atoms with Crippen LogP contribution in [0, 0.1) is 11.3 Å². The number of aromatic nitrogens is 4. The average Bonchev–Trinajstić information content (AvgIpc) is 3.12. The maximum atomic E-state index is 9.26. The molecule has 0 atom stereocenters. The Balaban J connectivity index is 1.79. The van der Waals surface area contributed by atoms with Gasteiger partial charge in [-0.3, -0.25) is 0 Å². The Bertz CT molecular complexity index is 934.